The smallest absolute Gasteiger partial charge is 0.311 e. The molecule has 33 heavy (non-hydrogen) atoms. The molecule has 0 radical (unpaired) electrons. The van der Waals surface area contributed by atoms with E-state index < -0.39 is 27.4 Å². The summed E-state index contributed by atoms with van der Waals surface area (Å²) in [6, 6.07) is -0.429. The lowest BCUT2D eigenvalue weighted by Crippen LogP contribution is -2.55. The molecule has 7 nitrogen and oxygen atoms in total. The van der Waals surface area contributed by atoms with Gasteiger partial charge in [-0.25, -0.2) is 0 Å². The Morgan fingerprint density at radius 1 is 1.06 bits per heavy atom. The molecule has 0 bridgehead atoms. The summed E-state index contributed by atoms with van der Waals surface area (Å²) in [6.07, 6.45) is 14.7. The Labute approximate surface area is 199 Å². The van der Waals surface area contributed by atoms with Gasteiger partial charge in [0.2, 0.25) is 11.8 Å². The van der Waals surface area contributed by atoms with Gasteiger partial charge in [0.25, 0.3) is 0 Å². The first kappa shape index (κ1) is 23.0. The van der Waals surface area contributed by atoms with Crippen molar-refractivity contribution in [3.63, 3.8) is 0 Å². The van der Waals surface area contributed by atoms with Crippen LogP contribution in [0.15, 0.2) is 24.3 Å². The quantitative estimate of drug-likeness (QED) is 0.374. The van der Waals surface area contributed by atoms with E-state index in [-0.39, 0.29) is 37.0 Å². The van der Waals surface area contributed by atoms with Crippen LogP contribution in [0.1, 0.15) is 51.9 Å². The van der Waals surface area contributed by atoms with Crippen molar-refractivity contribution in [3.05, 3.63) is 24.3 Å². The van der Waals surface area contributed by atoms with Crippen LogP contribution in [0.5, 0.6) is 0 Å². The number of aliphatic hydroxyl groups excluding tert-OH is 1. The maximum Gasteiger partial charge on any atom is 0.311 e. The minimum atomic E-state index is -0.795. The number of ether oxygens (including phenoxy) is 1. The van der Waals surface area contributed by atoms with Crippen molar-refractivity contribution >= 4 is 29.5 Å². The van der Waals surface area contributed by atoms with Crippen molar-refractivity contribution in [1.82, 2.24) is 9.80 Å². The third kappa shape index (κ3) is 3.55. The largest absolute Gasteiger partial charge is 0.461 e. The van der Waals surface area contributed by atoms with Crippen molar-refractivity contribution in [2.24, 2.45) is 11.8 Å². The molecule has 1 aliphatic carbocycles. The van der Waals surface area contributed by atoms with E-state index in [0.717, 1.165) is 25.7 Å². The molecule has 5 atom stereocenters. The summed E-state index contributed by atoms with van der Waals surface area (Å²) in [6.45, 7) is 3.23. The van der Waals surface area contributed by atoms with Gasteiger partial charge in [0.1, 0.15) is 12.6 Å². The Balaban J connectivity index is 1.57. The molecule has 1 unspecified atom stereocenters. The molecule has 180 valence electrons. The van der Waals surface area contributed by atoms with Crippen LogP contribution in [0, 0.1) is 11.8 Å². The second-order valence-corrected chi connectivity index (χ2v) is 12.0. The average Bonchev–Trinajstić information content (AvgIpc) is 3.05. The van der Waals surface area contributed by atoms with E-state index in [1.54, 1.807) is 16.7 Å². The predicted molar refractivity (Wildman–Crippen MR) is 125 cm³/mol. The lowest BCUT2D eigenvalue weighted by molar-refractivity contribution is -0.152. The SMILES string of the molecule is C[C@@]12C=CCOC(=O)[C@@H]1[C@H]1C(=O)N(CCCCO)C3C(=O)N(C4CCCCC4)CC=C[C@@]31S2. The van der Waals surface area contributed by atoms with Crippen LogP contribution >= 0.6 is 11.8 Å². The molecule has 0 aromatic heterocycles. The number of carbonyl (C=O) groups excluding carboxylic acids is 3. The number of nitrogens with zero attached hydrogens (tertiary/aromatic N) is 2. The summed E-state index contributed by atoms with van der Waals surface area (Å²) in [5, 5.41) is 9.30. The minimum absolute atomic E-state index is 0.0108. The van der Waals surface area contributed by atoms with E-state index in [1.807, 2.05) is 24.0 Å². The number of aliphatic hydroxyl groups is 1. The molecule has 5 aliphatic rings. The Hall–Kier alpha value is -1.80. The van der Waals surface area contributed by atoms with Gasteiger partial charge in [-0.2, -0.15) is 0 Å². The van der Waals surface area contributed by atoms with Crippen LogP contribution in [0.3, 0.4) is 0 Å². The van der Waals surface area contributed by atoms with Gasteiger partial charge in [-0.15, -0.1) is 11.8 Å². The molecule has 5 rings (SSSR count). The van der Waals surface area contributed by atoms with Gasteiger partial charge in [-0.3, -0.25) is 14.4 Å². The van der Waals surface area contributed by atoms with Crippen LogP contribution < -0.4 is 0 Å². The average molecular weight is 475 g/mol. The second kappa shape index (κ2) is 8.77. The van der Waals surface area contributed by atoms with E-state index in [4.69, 9.17) is 4.74 Å². The molecule has 1 spiro atoms. The number of likely N-dealkylation sites (tertiary alicyclic amines) is 1. The molecule has 0 aromatic carbocycles. The Morgan fingerprint density at radius 3 is 2.61 bits per heavy atom. The zero-order valence-corrected chi connectivity index (χ0v) is 20.1. The van der Waals surface area contributed by atoms with Gasteiger partial charge in [-0.05, 0) is 38.7 Å². The van der Waals surface area contributed by atoms with Gasteiger partial charge in [0.05, 0.1) is 16.6 Å². The predicted octanol–water partition coefficient (Wildman–Crippen LogP) is 2.29. The number of amides is 2. The normalized spacial score (nSPS) is 38.6. The Morgan fingerprint density at radius 2 is 1.85 bits per heavy atom. The standard InChI is InChI=1S/C25H34N2O5S/c1-24-11-8-16-32-23(31)19(24)18-21(29)27(13-5-6-15-28)20-22(30)26(17-9-3-2-4-10-17)14-7-12-25(18,20)33-24/h7-8,11-12,17-20,28H,2-6,9-10,13-16H2,1H3/t18-,19-,20?,24+,25-/m0/s1. The molecule has 1 N–H and O–H groups in total. The van der Waals surface area contributed by atoms with Crippen LogP contribution in [-0.2, 0) is 19.1 Å². The molecule has 4 aliphatic heterocycles. The van der Waals surface area contributed by atoms with Crippen LogP contribution in [0.2, 0.25) is 0 Å². The highest BCUT2D eigenvalue weighted by Gasteiger charge is 2.74. The molecule has 2 saturated heterocycles. The van der Waals surface area contributed by atoms with E-state index in [2.05, 4.69) is 12.2 Å². The maximum atomic E-state index is 14.2. The summed E-state index contributed by atoms with van der Waals surface area (Å²) in [4.78, 5) is 45.0. The number of cyclic esters (lactones) is 1. The fourth-order valence-corrected chi connectivity index (χ4v) is 8.88. The number of carbonyl (C=O) groups is 3. The molecule has 1 saturated carbocycles. The molecule has 8 heteroatoms. The van der Waals surface area contributed by atoms with Gasteiger partial charge in [0, 0.05) is 30.5 Å². The van der Waals surface area contributed by atoms with Gasteiger partial charge in [-0.1, -0.05) is 37.5 Å². The number of thioether (sulfide) groups is 1. The third-order valence-corrected chi connectivity index (χ3v) is 9.96. The van der Waals surface area contributed by atoms with Crippen molar-refractivity contribution in [2.75, 3.05) is 26.3 Å². The minimum Gasteiger partial charge on any atom is -0.461 e. The van der Waals surface area contributed by atoms with E-state index >= 15 is 0 Å². The van der Waals surface area contributed by atoms with Gasteiger partial charge < -0.3 is 19.6 Å². The highest BCUT2D eigenvalue weighted by molar-refractivity contribution is 8.02. The molecule has 2 amide bonds. The Kier molecular flexibility index (Phi) is 6.10. The van der Waals surface area contributed by atoms with Crippen molar-refractivity contribution in [1.29, 1.82) is 0 Å². The van der Waals surface area contributed by atoms with Gasteiger partial charge >= 0.3 is 5.97 Å². The fourth-order valence-electron chi connectivity index (χ4n) is 6.73. The molecule has 3 fully saturated rings. The lowest BCUT2D eigenvalue weighted by Gasteiger charge is -2.40. The van der Waals surface area contributed by atoms with E-state index in [1.165, 1.54) is 6.42 Å². The summed E-state index contributed by atoms with van der Waals surface area (Å²) >= 11 is 1.59. The second-order valence-electron chi connectivity index (χ2n) is 10.2. The molecule has 0 aromatic rings. The summed E-state index contributed by atoms with van der Waals surface area (Å²) in [7, 11) is 0. The fraction of sp³-hybridized carbons (Fsp3) is 0.720. The Bertz CT molecular complexity index is 884. The van der Waals surface area contributed by atoms with Crippen molar-refractivity contribution in [2.45, 2.75) is 73.4 Å². The first-order chi connectivity index (χ1) is 15.9. The van der Waals surface area contributed by atoms with Gasteiger partial charge in [0.15, 0.2) is 0 Å². The van der Waals surface area contributed by atoms with Crippen molar-refractivity contribution in [3.8, 4) is 0 Å². The number of unbranched alkanes of at least 4 members (excludes halogenated alkanes) is 1. The van der Waals surface area contributed by atoms with Crippen molar-refractivity contribution < 1.29 is 24.2 Å². The van der Waals surface area contributed by atoms with Crippen LogP contribution in [0.25, 0.3) is 0 Å². The van der Waals surface area contributed by atoms with E-state index in [9.17, 15) is 19.5 Å². The molecular formula is C25H34N2O5S. The monoisotopic (exact) mass is 474 g/mol. The van der Waals surface area contributed by atoms with E-state index in [0.29, 0.717) is 25.9 Å². The topological polar surface area (TPSA) is 87.1 Å². The molecular weight excluding hydrogens is 440 g/mol. The zero-order chi connectivity index (χ0) is 23.2. The summed E-state index contributed by atoms with van der Waals surface area (Å²) in [5.74, 6) is -1.73. The maximum absolute atomic E-state index is 14.2. The number of fused-ring (bicyclic) bond motifs is 2. The number of rotatable bonds is 5. The first-order valence-corrected chi connectivity index (χ1v) is 13.2. The third-order valence-electron chi connectivity index (χ3n) is 8.17. The first-order valence-electron chi connectivity index (χ1n) is 12.4. The zero-order valence-electron chi connectivity index (χ0n) is 19.3. The highest BCUT2D eigenvalue weighted by atomic mass is 32.2. The number of hydrogen-bond acceptors (Lipinski definition) is 6. The number of esters is 1. The number of hydrogen-bond donors (Lipinski definition) is 1. The highest BCUT2D eigenvalue weighted by Crippen LogP contribution is 2.65. The van der Waals surface area contributed by atoms with Crippen LogP contribution in [-0.4, -0.2) is 80.6 Å². The van der Waals surface area contributed by atoms with Crippen LogP contribution in [0.4, 0.5) is 0 Å². The lowest BCUT2D eigenvalue weighted by atomic mass is 9.75. The summed E-state index contributed by atoms with van der Waals surface area (Å²) in [5.41, 5.74) is 0. The molecule has 4 heterocycles. The summed E-state index contributed by atoms with van der Waals surface area (Å²) < 4.78 is 4.06.